The van der Waals surface area contributed by atoms with E-state index in [1.165, 1.54) is 29.7 Å². The fourth-order valence-electron chi connectivity index (χ4n) is 1.25. The van der Waals surface area contributed by atoms with E-state index in [-0.39, 0.29) is 17.6 Å². The molecular weight excluding hydrogens is 255 g/mol. The normalized spacial score (nSPS) is 12.2. The minimum atomic E-state index is -0.596. The Balaban J connectivity index is 2.09. The van der Waals surface area contributed by atoms with E-state index in [0.29, 0.717) is 10.7 Å². The predicted molar refractivity (Wildman–Crippen MR) is 66.9 cm³/mol. The van der Waals surface area contributed by atoms with E-state index in [4.69, 9.17) is 5.73 Å². The number of aromatic nitrogens is 2. The van der Waals surface area contributed by atoms with Crippen molar-refractivity contribution in [2.24, 2.45) is 5.73 Å². The van der Waals surface area contributed by atoms with E-state index in [0.717, 1.165) is 0 Å². The second-order valence-electron chi connectivity index (χ2n) is 3.68. The van der Waals surface area contributed by atoms with Crippen LogP contribution in [0, 0.1) is 5.95 Å². The number of hydrogen-bond donors (Lipinski definition) is 2. The predicted octanol–water partition coefficient (Wildman–Crippen LogP) is 1.95. The molecule has 1 amide bonds. The minimum Gasteiger partial charge on any atom is -0.322 e. The Hall–Kier alpha value is -1.86. The summed E-state index contributed by atoms with van der Waals surface area (Å²) in [5.41, 5.74) is 6.36. The number of thiazole rings is 1. The van der Waals surface area contributed by atoms with Crippen molar-refractivity contribution in [3.05, 3.63) is 40.4 Å². The van der Waals surface area contributed by atoms with Crippen LogP contribution in [0.4, 0.5) is 10.1 Å². The van der Waals surface area contributed by atoms with Gasteiger partial charge in [0.2, 0.25) is 5.95 Å². The molecule has 0 aromatic carbocycles. The van der Waals surface area contributed by atoms with Crippen molar-refractivity contribution in [2.75, 3.05) is 5.32 Å². The Morgan fingerprint density at radius 2 is 2.33 bits per heavy atom. The zero-order chi connectivity index (χ0) is 13.1. The van der Waals surface area contributed by atoms with Crippen LogP contribution in [0.1, 0.15) is 28.5 Å². The maximum Gasteiger partial charge on any atom is 0.275 e. The number of nitrogens with zero attached hydrogens (tertiary/aromatic N) is 2. The van der Waals surface area contributed by atoms with Crippen molar-refractivity contribution in [2.45, 2.75) is 13.0 Å². The maximum absolute atomic E-state index is 12.6. The summed E-state index contributed by atoms with van der Waals surface area (Å²) in [5, 5.41) is 4.89. The largest absolute Gasteiger partial charge is 0.322 e. The molecule has 7 heteroatoms. The van der Waals surface area contributed by atoms with Gasteiger partial charge in [-0.05, 0) is 19.1 Å². The summed E-state index contributed by atoms with van der Waals surface area (Å²) in [4.78, 5) is 19.4. The summed E-state index contributed by atoms with van der Waals surface area (Å²) >= 11 is 1.33. The van der Waals surface area contributed by atoms with Gasteiger partial charge < -0.3 is 11.1 Å². The molecule has 0 saturated carbocycles. The lowest BCUT2D eigenvalue weighted by molar-refractivity contribution is 0.102. The molecule has 0 spiro atoms. The van der Waals surface area contributed by atoms with Crippen molar-refractivity contribution in [1.82, 2.24) is 9.97 Å². The number of amides is 1. The molecule has 2 aromatic heterocycles. The van der Waals surface area contributed by atoms with Crippen molar-refractivity contribution < 1.29 is 9.18 Å². The van der Waals surface area contributed by atoms with Crippen LogP contribution >= 0.6 is 11.3 Å². The van der Waals surface area contributed by atoms with Crippen molar-refractivity contribution in [1.29, 1.82) is 0 Å². The molecule has 1 unspecified atom stereocenters. The van der Waals surface area contributed by atoms with Crippen LogP contribution in [0.3, 0.4) is 0 Å². The molecule has 2 heterocycles. The molecule has 0 radical (unpaired) electrons. The van der Waals surface area contributed by atoms with Gasteiger partial charge in [0, 0.05) is 5.38 Å². The number of anilines is 1. The number of nitrogens with one attached hydrogen (secondary N) is 1. The zero-order valence-electron chi connectivity index (χ0n) is 9.55. The van der Waals surface area contributed by atoms with Crippen molar-refractivity contribution >= 4 is 22.9 Å². The highest BCUT2D eigenvalue weighted by Crippen LogP contribution is 2.17. The van der Waals surface area contributed by atoms with Crippen LogP contribution in [0.15, 0.2) is 23.7 Å². The van der Waals surface area contributed by atoms with Crippen LogP contribution in [0.5, 0.6) is 0 Å². The highest BCUT2D eigenvalue weighted by atomic mass is 32.1. The molecule has 0 aliphatic rings. The van der Waals surface area contributed by atoms with E-state index in [1.54, 1.807) is 12.3 Å². The molecule has 3 N–H and O–H groups in total. The van der Waals surface area contributed by atoms with Crippen LogP contribution in [0.2, 0.25) is 0 Å². The number of nitrogens with two attached hydrogens (primary N) is 1. The van der Waals surface area contributed by atoms with Crippen LogP contribution in [0.25, 0.3) is 0 Å². The Kier molecular flexibility index (Phi) is 3.63. The van der Waals surface area contributed by atoms with Gasteiger partial charge in [-0.2, -0.15) is 4.39 Å². The Morgan fingerprint density at radius 1 is 1.56 bits per heavy atom. The van der Waals surface area contributed by atoms with Gasteiger partial charge in [0.25, 0.3) is 5.91 Å². The van der Waals surface area contributed by atoms with Crippen molar-refractivity contribution in [3.8, 4) is 0 Å². The fraction of sp³-hybridized carbons (Fsp3) is 0.182. The van der Waals surface area contributed by atoms with Gasteiger partial charge in [0.1, 0.15) is 10.7 Å². The first-order chi connectivity index (χ1) is 8.56. The second-order valence-corrected chi connectivity index (χ2v) is 4.57. The van der Waals surface area contributed by atoms with Gasteiger partial charge in [0.05, 0.1) is 17.9 Å². The lowest BCUT2D eigenvalue weighted by Gasteiger charge is -2.02. The molecule has 18 heavy (non-hydrogen) atoms. The lowest BCUT2D eigenvalue weighted by Crippen LogP contribution is -2.13. The number of pyridine rings is 1. The molecular formula is C11H11FN4OS. The number of carbonyl (C=O) groups excluding carboxylic acids is 1. The quantitative estimate of drug-likeness (QED) is 0.832. The van der Waals surface area contributed by atoms with Crippen LogP contribution in [-0.2, 0) is 0 Å². The van der Waals surface area contributed by atoms with Crippen molar-refractivity contribution in [3.63, 3.8) is 0 Å². The molecule has 0 fully saturated rings. The average molecular weight is 266 g/mol. The smallest absolute Gasteiger partial charge is 0.275 e. The monoisotopic (exact) mass is 266 g/mol. The summed E-state index contributed by atoms with van der Waals surface area (Å²) in [6.07, 6.45) is 1.24. The lowest BCUT2D eigenvalue weighted by atomic mass is 10.3. The van der Waals surface area contributed by atoms with Gasteiger partial charge >= 0.3 is 0 Å². The van der Waals surface area contributed by atoms with Crippen LogP contribution < -0.4 is 11.1 Å². The molecule has 94 valence electrons. The standard InChI is InChI=1S/C11H11FN4OS/c1-6(13)11-16-8(5-18-11)10(17)15-7-2-3-9(12)14-4-7/h2-6H,13H2,1H3,(H,15,17). The Morgan fingerprint density at radius 3 is 2.89 bits per heavy atom. The highest BCUT2D eigenvalue weighted by Gasteiger charge is 2.12. The molecule has 0 bridgehead atoms. The number of rotatable bonds is 3. The third kappa shape index (κ3) is 2.88. The molecule has 2 rings (SSSR count). The first-order valence-electron chi connectivity index (χ1n) is 5.20. The number of carbonyl (C=O) groups is 1. The first kappa shape index (κ1) is 12.6. The molecule has 1 atom stereocenters. The molecule has 5 nitrogen and oxygen atoms in total. The Labute approximate surface area is 107 Å². The van der Waals surface area contributed by atoms with Gasteiger partial charge in [-0.3, -0.25) is 4.79 Å². The molecule has 2 aromatic rings. The summed E-state index contributed by atoms with van der Waals surface area (Å²) in [6.45, 7) is 1.80. The maximum atomic E-state index is 12.6. The van der Waals surface area contributed by atoms with E-state index < -0.39 is 5.95 Å². The third-order valence-electron chi connectivity index (χ3n) is 2.13. The van der Waals surface area contributed by atoms with E-state index in [1.807, 2.05) is 0 Å². The highest BCUT2D eigenvalue weighted by molar-refractivity contribution is 7.09. The van der Waals surface area contributed by atoms with Gasteiger partial charge in [-0.25, -0.2) is 9.97 Å². The topological polar surface area (TPSA) is 80.9 Å². The number of halogens is 1. The second kappa shape index (κ2) is 5.19. The SMILES string of the molecule is CC(N)c1nc(C(=O)Nc2ccc(F)nc2)cs1. The molecule has 0 aliphatic heterocycles. The number of hydrogen-bond acceptors (Lipinski definition) is 5. The Bertz CT molecular complexity index is 552. The molecule has 0 saturated heterocycles. The van der Waals surface area contributed by atoms with E-state index >= 15 is 0 Å². The van der Waals surface area contributed by atoms with E-state index in [2.05, 4.69) is 15.3 Å². The van der Waals surface area contributed by atoms with Gasteiger partial charge in [-0.1, -0.05) is 0 Å². The minimum absolute atomic E-state index is 0.205. The summed E-state index contributed by atoms with van der Waals surface area (Å²) in [7, 11) is 0. The van der Waals surface area contributed by atoms with E-state index in [9.17, 15) is 9.18 Å². The summed E-state index contributed by atoms with van der Waals surface area (Å²) in [6, 6.07) is 2.40. The van der Waals surface area contributed by atoms with Crippen LogP contribution in [-0.4, -0.2) is 15.9 Å². The zero-order valence-corrected chi connectivity index (χ0v) is 10.4. The van der Waals surface area contributed by atoms with Gasteiger partial charge in [-0.15, -0.1) is 11.3 Å². The summed E-state index contributed by atoms with van der Waals surface area (Å²) < 4.78 is 12.6. The summed E-state index contributed by atoms with van der Waals surface area (Å²) in [5.74, 6) is -0.965. The molecule has 0 aliphatic carbocycles. The fourth-order valence-corrected chi connectivity index (χ4v) is 2.00. The first-order valence-corrected chi connectivity index (χ1v) is 6.08. The average Bonchev–Trinajstić information content (AvgIpc) is 2.81. The van der Waals surface area contributed by atoms with Gasteiger partial charge in [0.15, 0.2) is 0 Å². The third-order valence-corrected chi connectivity index (χ3v) is 3.18.